The van der Waals surface area contributed by atoms with Gasteiger partial charge < -0.3 is 19.3 Å². The van der Waals surface area contributed by atoms with Gasteiger partial charge in [-0.2, -0.15) is 0 Å². The molecule has 1 heterocycles. The number of hydrogen-bond acceptors (Lipinski definition) is 5. The molecule has 0 N–H and O–H groups in total. The molecule has 1 aliphatic rings. The van der Waals surface area contributed by atoms with E-state index >= 15 is 0 Å². The molecular formula is C31H34FN3O4. The lowest BCUT2D eigenvalue weighted by molar-refractivity contribution is 0.0609. The zero-order valence-corrected chi connectivity index (χ0v) is 22.4. The molecule has 39 heavy (non-hydrogen) atoms. The topological polar surface area (TPSA) is 62.3 Å². The van der Waals surface area contributed by atoms with Crippen molar-refractivity contribution in [3.63, 3.8) is 0 Å². The number of amides is 2. The van der Waals surface area contributed by atoms with Gasteiger partial charge in [0.15, 0.2) is 0 Å². The average Bonchev–Trinajstić information content (AvgIpc) is 2.99. The zero-order valence-electron chi connectivity index (χ0n) is 22.4. The molecule has 2 amide bonds. The summed E-state index contributed by atoms with van der Waals surface area (Å²) in [5.41, 5.74) is 1.97. The number of halogens is 1. The minimum atomic E-state index is -0.379. The van der Waals surface area contributed by atoms with Crippen LogP contribution in [0, 0.1) is 5.82 Å². The molecule has 1 fully saturated rings. The molecule has 204 valence electrons. The van der Waals surface area contributed by atoms with Crippen molar-refractivity contribution in [3.8, 4) is 11.5 Å². The van der Waals surface area contributed by atoms with Crippen molar-refractivity contribution >= 4 is 17.9 Å². The SMILES string of the molecule is COc1cccc(C(=O)N2CCN(CCN(C/C=C/c3ccccc3OC)C(=O)c3ccc(F)cc3)CC2)c1. The molecule has 0 spiro atoms. The first-order valence-electron chi connectivity index (χ1n) is 13.0. The summed E-state index contributed by atoms with van der Waals surface area (Å²) in [6, 6.07) is 20.5. The molecule has 1 saturated heterocycles. The standard InChI is InChI=1S/C31H34FN3O4/c1-38-28-10-5-8-26(23-28)31(37)35-21-18-33(19-22-35)17-20-34(30(36)25-12-14-27(32)15-13-25)16-6-9-24-7-3-4-11-29(24)39-2/h3-15,23H,16-22H2,1-2H3/b9-6+. The highest BCUT2D eigenvalue weighted by Crippen LogP contribution is 2.19. The van der Waals surface area contributed by atoms with Crippen molar-refractivity contribution in [2.24, 2.45) is 0 Å². The van der Waals surface area contributed by atoms with Crippen LogP contribution in [0.25, 0.3) is 6.08 Å². The fourth-order valence-corrected chi connectivity index (χ4v) is 4.54. The Bertz CT molecular complexity index is 1290. The van der Waals surface area contributed by atoms with Crippen LogP contribution in [0.5, 0.6) is 11.5 Å². The Morgan fingerprint density at radius 3 is 2.36 bits per heavy atom. The fraction of sp³-hybridized carbons (Fsp3) is 0.290. The van der Waals surface area contributed by atoms with Gasteiger partial charge in [0.05, 0.1) is 14.2 Å². The summed E-state index contributed by atoms with van der Waals surface area (Å²) in [5.74, 6) is 0.863. The number of carbonyl (C=O) groups excluding carboxylic acids is 2. The third kappa shape index (κ3) is 7.45. The van der Waals surface area contributed by atoms with Crippen molar-refractivity contribution in [2.75, 3.05) is 60.0 Å². The van der Waals surface area contributed by atoms with E-state index in [0.29, 0.717) is 62.7 Å². The molecule has 3 aromatic rings. The zero-order chi connectivity index (χ0) is 27.6. The number of benzene rings is 3. The Morgan fingerprint density at radius 1 is 0.897 bits per heavy atom. The summed E-state index contributed by atoms with van der Waals surface area (Å²) in [6.07, 6.45) is 3.87. The van der Waals surface area contributed by atoms with Gasteiger partial charge in [-0.3, -0.25) is 14.5 Å². The smallest absolute Gasteiger partial charge is 0.254 e. The summed E-state index contributed by atoms with van der Waals surface area (Å²) in [4.78, 5) is 32.1. The Kier molecular flexibility index (Phi) is 9.69. The third-order valence-corrected chi connectivity index (χ3v) is 6.80. The van der Waals surface area contributed by atoms with Gasteiger partial charge in [0.25, 0.3) is 11.8 Å². The van der Waals surface area contributed by atoms with Gasteiger partial charge in [0.1, 0.15) is 17.3 Å². The molecule has 4 rings (SSSR count). The van der Waals surface area contributed by atoms with Crippen LogP contribution in [0.2, 0.25) is 0 Å². The van der Waals surface area contributed by atoms with Gasteiger partial charge in [0, 0.05) is 62.5 Å². The lowest BCUT2D eigenvalue weighted by Gasteiger charge is -2.36. The van der Waals surface area contributed by atoms with Crippen molar-refractivity contribution in [3.05, 3.63) is 101 Å². The Balaban J connectivity index is 1.37. The molecule has 3 aromatic carbocycles. The van der Waals surface area contributed by atoms with Crippen LogP contribution >= 0.6 is 0 Å². The number of para-hydroxylation sites is 1. The predicted molar refractivity (Wildman–Crippen MR) is 150 cm³/mol. The largest absolute Gasteiger partial charge is 0.497 e. The van der Waals surface area contributed by atoms with E-state index in [1.54, 1.807) is 31.3 Å². The lowest BCUT2D eigenvalue weighted by Crippen LogP contribution is -2.50. The van der Waals surface area contributed by atoms with E-state index in [1.807, 2.05) is 53.5 Å². The second kappa shape index (κ2) is 13.6. The minimum Gasteiger partial charge on any atom is -0.497 e. The molecule has 0 aliphatic carbocycles. The van der Waals surface area contributed by atoms with E-state index in [-0.39, 0.29) is 17.6 Å². The van der Waals surface area contributed by atoms with Crippen molar-refractivity contribution < 1.29 is 23.5 Å². The molecule has 0 atom stereocenters. The van der Waals surface area contributed by atoms with E-state index < -0.39 is 0 Å². The number of nitrogens with zero attached hydrogens (tertiary/aromatic N) is 3. The van der Waals surface area contributed by atoms with Crippen molar-refractivity contribution in [1.82, 2.24) is 14.7 Å². The van der Waals surface area contributed by atoms with E-state index in [4.69, 9.17) is 9.47 Å². The van der Waals surface area contributed by atoms with Crippen molar-refractivity contribution in [2.45, 2.75) is 0 Å². The van der Waals surface area contributed by atoms with Crippen LogP contribution in [0.1, 0.15) is 26.3 Å². The van der Waals surface area contributed by atoms with Crippen LogP contribution in [-0.2, 0) is 0 Å². The summed E-state index contributed by atoms with van der Waals surface area (Å²) in [7, 11) is 3.21. The number of ether oxygens (including phenoxy) is 2. The first-order valence-corrected chi connectivity index (χ1v) is 13.0. The second-order valence-electron chi connectivity index (χ2n) is 9.27. The fourth-order valence-electron chi connectivity index (χ4n) is 4.54. The molecule has 0 aromatic heterocycles. The lowest BCUT2D eigenvalue weighted by atomic mass is 10.1. The normalized spacial score (nSPS) is 13.9. The van der Waals surface area contributed by atoms with E-state index in [9.17, 15) is 14.0 Å². The highest BCUT2D eigenvalue weighted by atomic mass is 19.1. The van der Waals surface area contributed by atoms with Gasteiger partial charge >= 0.3 is 0 Å². The second-order valence-corrected chi connectivity index (χ2v) is 9.27. The summed E-state index contributed by atoms with van der Waals surface area (Å²) >= 11 is 0. The molecule has 1 aliphatic heterocycles. The molecular weight excluding hydrogens is 497 g/mol. The highest BCUT2D eigenvalue weighted by Gasteiger charge is 2.23. The summed E-state index contributed by atoms with van der Waals surface area (Å²) in [5, 5.41) is 0. The van der Waals surface area contributed by atoms with Gasteiger partial charge in [-0.25, -0.2) is 4.39 Å². The van der Waals surface area contributed by atoms with Crippen molar-refractivity contribution in [1.29, 1.82) is 0 Å². The van der Waals surface area contributed by atoms with E-state index in [0.717, 1.165) is 11.3 Å². The van der Waals surface area contributed by atoms with Crippen LogP contribution in [-0.4, -0.2) is 86.5 Å². The average molecular weight is 532 g/mol. The molecule has 0 bridgehead atoms. The van der Waals surface area contributed by atoms with Crippen LogP contribution < -0.4 is 9.47 Å². The monoisotopic (exact) mass is 531 g/mol. The summed E-state index contributed by atoms with van der Waals surface area (Å²) in [6.45, 7) is 4.19. The molecule has 0 radical (unpaired) electrons. The van der Waals surface area contributed by atoms with Gasteiger partial charge in [0.2, 0.25) is 0 Å². The van der Waals surface area contributed by atoms with Gasteiger partial charge in [-0.1, -0.05) is 36.4 Å². The van der Waals surface area contributed by atoms with Gasteiger partial charge in [-0.15, -0.1) is 0 Å². The number of carbonyl (C=O) groups is 2. The third-order valence-electron chi connectivity index (χ3n) is 6.80. The molecule has 0 saturated carbocycles. The van der Waals surface area contributed by atoms with Gasteiger partial charge in [-0.05, 0) is 48.5 Å². The summed E-state index contributed by atoms with van der Waals surface area (Å²) < 4.78 is 24.1. The molecule has 7 nitrogen and oxygen atoms in total. The highest BCUT2D eigenvalue weighted by molar-refractivity contribution is 5.95. The van der Waals surface area contributed by atoms with Crippen LogP contribution in [0.15, 0.2) is 78.9 Å². The van der Waals surface area contributed by atoms with Crippen LogP contribution in [0.3, 0.4) is 0 Å². The number of rotatable bonds is 10. The van der Waals surface area contributed by atoms with Crippen LogP contribution in [0.4, 0.5) is 4.39 Å². The number of hydrogen-bond donors (Lipinski definition) is 0. The first-order chi connectivity index (χ1) is 19.0. The molecule has 0 unspecified atom stereocenters. The predicted octanol–water partition coefficient (Wildman–Crippen LogP) is 4.46. The number of methoxy groups -OCH3 is 2. The quantitative estimate of drug-likeness (QED) is 0.387. The first kappa shape index (κ1) is 27.9. The maximum atomic E-state index is 13.4. The Hall–Kier alpha value is -4.17. The Labute approximate surface area is 229 Å². The number of piperazine rings is 1. The van der Waals surface area contributed by atoms with E-state index in [1.165, 1.54) is 24.3 Å². The molecule has 8 heteroatoms. The Morgan fingerprint density at radius 2 is 1.64 bits per heavy atom. The van der Waals surface area contributed by atoms with E-state index in [2.05, 4.69) is 4.90 Å². The maximum absolute atomic E-state index is 13.4. The maximum Gasteiger partial charge on any atom is 0.254 e. The minimum absolute atomic E-state index is 0.0110.